The first kappa shape index (κ1) is 20.2. The number of nitrogens with zero attached hydrogens (tertiary/aromatic N) is 2. The maximum absolute atomic E-state index is 13.1. The number of rotatable bonds is 8. The number of halogens is 1. The Morgan fingerprint density at radius 3 is 2.46 bits per heavy atom. The molecule has 4 nitrogen and oxygen atoms in total. The van der Waals surface area contributed by atoms with E-state index in [9.17, 15) is 9.18 Å². The van der Waals surface area contributed by atoms with Gasteiger partial charge in [0.1, 0.15) is 10.7 Å². The smallest absolute Gasteiger partial charge is 0.265 e. The van der Waals surface area contributed by atoms with E-state index in [0.29, 0.717) is 30.9 Å². The lowest BCUT2D eigenvalue weighted by molar-refractivity contribution is 0.0766. The number of nitrogens with two attached hydrogens (primary N) is 1. The molecular weight excluding hydrogens is 373 g/mol. The first-order valence-corrected chi connectivity index (χ1v) is 10.1. The van der Waals surface area contributed by atoms with E-state index >= 15 is 0 Å². The van der Waals surface area contributed by atoms with Gasteiger partial charge in [-0.05, 0) is 36.6 Å². The molecule has 28 heavy (non-hydrogen) atoms. The molecule has 0 aliphatic rings. The second kappa shape index (κ2) is 9.57. The monoisotopic (exact) mass is 397 g/mol. The number of amides is 1. The van der Waals surface area contributed by atoms with E-state index in [1.165, 1.54) is 29.0 Å². The van der Waals surface area contributed by atoms with Crippen LogP contribution in [-0.2, 0) is 12.8 Å². The van der Waals surface area contributed by atoms with Gasteiger partial charge >= 0.3 is 0 Å². The quantitative estimate of drug-likeness (QED) is 0.629. The predicted octanol–water partition coefficient (Wildman–Crippen LogP) is 3.83. The van der Waals surface area contributed by atoms with Crippen LogP contribution in [0.3, 0.4) is 0 Å². The molecule has 6 heteroatoms. The normalized spacial score (nSPS) is 10.8. The Kier molecular flexibility index (Phi) is 6.90. The molecule has 0 saturated carbocycles. The Balaban J connectivity index is 1.71. The summed E-state index contributed by atoms with van der Waals surface area (Å²) in [4.78, 5) is 20.1. The molecule has 1 heterocycles. The summed E-state index contributed by atoms with van der Waals surface area (Å²) in [6.45, 7) is 3.40. The lowest BCUT2D eigenvalue weighted by Crippen LogP contribution is -2.36. The van der Waals surface area contributed by atoms with Crippen molar-refractivity contribution in [1.29, 1.82) is 0 Å². The fourth-order valence-corrected chi connectivity index (χ4v) is 4.09. The third-order valence-electron chi connectivity index (χ3n) is 4.50. The summed E-state index contributed by atoms with van der Waals surface area (Å²) in [5, 5.41) is 0.850. The van der Waals surface area contributed by atoms with Gasteiger partial charge in [-0.3, -0.25) is 4.79 Å². The minimum atomic E-state index is -0.259. The Bertz CT molecular complexity index is 909. The maximum Gasteiger partial charge on any atom is 0.265 e. The summed E-state index contributed by atoms with van der Waals surface area (Å²) < 4.78 is 13.1. The number of aryl methyl sites for hydroxylation is 1. The van der Waals surface area contributed by atoms with Crippen molar-refractivity contribution in [3.8, 4) is 0 Å². The highest BCUT2D eigenvalue weighted by Crippen LogP contribution is 2.23. The minimum absolute atomic E-state index is 0.0262. The van der Waals surface area contributed by atoms with Crippen LogP contribution in [-0.4, -0.2) is 35.4 Å². The average Bonchev–Trinajstić information content (AvgIpc) is 3.07. The van der Waals surface area contributed by atoms with Crippen LogP contribution in [0.2, 0.25) is 0 Å². The molecule has 0 saturated heterocycles. The van der Waals surface area contributed by atoms with Gasteiger partial charge in [0.2, 0.25) is 0 Å². The van der Waals surface area contributed by atoms with Crippen LogP contribution in [0.1, 0.15) is 31.5 Å². The molecule has 2 aromatic carbocycles. The highest BCUT2D eigenvalue weighted by atomic mass is 32.1. The summed E-state index contributed by atoms with van der Waals surface area (Å²) in [5.41, 5.74) is 8.63. The van der Waals surface area contributed by atoms with Gasteiger partial charge in [0.25, 0.3) is 5.91 Å². The lowest BCUT2D eigenvalue weighted by Gasteiger charge is -2.21. The number of thiazole rings is 1. The largest absolute Gasteiger partial charge is 0.336 e. The van der Waals surface area contributed by atoms with E-state index < -0.39 is 0 Å². The third kappa shape index (κ3) is 5.24. The van der Waals surface area contributed by atoms with E-state index in [1.807, 2.05) is 25.1 Å². The van der Waals surface area contributed by atoms with Crippen molar-refractivity contribution in [2.45, 2.75) is 19.8 Å². The van der Waals surface area contributed by atoms with Crippen molar-refractivity contribution < 1.29 is 9.18 Å². The first-order valence-electron chi connectivity index (χ1n) is 9.31. The average molecular weight is 398 g/mol. The topological polar surface area (TPSA) is 59.2 Å². The summed E-state index contributed by atoms with van der Waals surface area (Å²) in [7, 11) is 0. The molecule has 146 valence electrons. The van der Waals surface area contributed by atoms with Gasteiger partial charge in [-0.2, -0.15) is 0 Å². The second-order valence-corrected chi connectivity index (χ2v) is 7.73. The predicted molar refractivity (Wildman–Crippen MR) is 111 cm³/mol. The molecule has 0 aliphatic heterocycles. The molecule has 3 aromatic rings. The Morgan fingerprint density at radius 2 is 1.79 bits per heavy atom. The van der Waals surface area contributed by atoms with Crippen molar-refractivity contribution in [1.82, 2.24) is 9.88 Å². The summed E-state index contributed by atoms with van der Waals surface area (Å²) in [6, 6.07) is 16.5. The van der Waals surface area contributed by atoms with Crippen LogP contribution in [0.4, 0.5) is 4.39 Å². The fraction of sp³-hybridized carbons (Fsp3) is 0.273. The number of hydrogen-bond donors (Lipinski definition) is 1. The molecule has 0 spiro atoms. The maximum atomic E-state index is 13.1. The van der Waals surface area contributed by atoms with Gasteiger partial charge in [-0.25, -0.2) is 9.37 Å². The van der Waals surface area contributed by atoms with Crippen LogP contribution < -0.4 is 5.73 Å². The number of benzene rings is 2. The Labute approximate surface area is 168 Å². The van der Waals surface area contributed by atoms with Gasteiger partial charge in [0.05, 0.1) is 10.7 Å². The molecule has 2 N–H and O–H groups in total. The lowest BCUT2D eigenvalue weighted by atomic mass is 10.1. The van der Waals surface area contributed by atoms with Crippen molar-refractivity contribution in [3.63, 3.8) is 0 Å². The van der Waals surface area contributed by atoms with Crippen molar-refractivity contribution >= 4 is 17.2 Å². The zero-order chi connectivity index (χ0) is 19.9. The highest BCUT2D eigenvalue weighted by Gasteiger charge is 2.21. The van der Waals surface area contributed by atoms with Crippen LogP contribution in [0.25, 0.3) is 0 Å². The zero-order valence-electron chi connectivity index (χ0n) is 15.9. The summed E-state index contributed by atoms with van der Waals surface area (Å²) in [5.74, 6) is -0.285. The SMILES string of the molecule is Cc1nc(Cc2ccc(F)cc2)sc1C(=O)N(CCN)CCc1ccccc1. The molecule has 0 bridgehead atoms. The molecule has 1 amide bonds. The Morgan fingerprint density at radius 1 is 1.07 bits per heavy atom. The first-order chi connectivity index (χ1) is 13.6. The van der Waals surface area contributed by atoms with Crippen molar-refractivity contribution in [3.05, 3.63) is 87.1 Å². The van der Waals surface area contributed by atoms with E-state index in [1.54, 1.807) is 17.0 Å². The van der Waals surface area contributed by atoms with Crippen LogP contribution in [0.5, 0.6) is 0 Å². The molecule has 3 rings (SSSR count). The third-order valence-corrected chi connectivity index (χ3v) is 5.65. The van der Waals surface area contributed by atoms with E-state index in [2.05, 4.69) is 17.1 Å². The van der Waals surface area contributed by atoms with E-state index in [-0.39, 0.29) is 11.7 Å². The molecule has 0 fully saturated rings. The summed E-state index contributed by atoms with van der Waals surface area (Å²) >= 11 is 1.41. The van der Waals surface area contributed by atoms with Gasteiger partial charge in [-0.15, -0.1) is 11.3 Å². The second-order valence-electron chi connectivity index (χ2n) is 6.64. The Hall–Kier alpha value is -2.57. The molecule has 0 unspecified atom stereocenters. The van der Waals surface area contributed by atoms with Crippen LogP contribution >= 0.6 is 11.3 Å². The van der Waals surface area contributed by atoms with E-state index in [4.69, 9.17) is 5.73 Å². The van der Waals surface area contributed by atoms with Gasteiger partial charge in [0, 0.05) is 26.1 Å². The van der Waals surface area contributed by atoms with E-state index in [0.717, 1.165) is 22.7 Å². The van der Waals surface area contributed by atoms with Crippen LogP contribution in [0.15, 0.2) is 54.6 Å². The number of hydrogen-bond acceptors (Lipinski definition) is 4. The van der Waals surface area contributed by atoms with Gasteiger partial charge < -0.3 is 10.6 Å². The molecule has 0 aliphatic carbocycles. The highest BCUT2D eigenvalue weighted by molar-refractivity contribution is 7.13. The van der Waals surface area contributed by atoms with Crippen LogP contribution in [0, 0.1) is 12.7 Å². The van der Waals surface area contributed by atoms with Gasteiger partial charge in [0.15, 0.2) is 0 Å². The minimum Gasteiger partial charge on any atom is -0.336 e. The van der Waals surface area contributed by atoms with Crippen molar-refractivity contribution in [2.75, 3.05) is 19.6 Å². The molecular formula is C22H24FN3OS. The summed E-state index contributed by atoms with van der Waals surface area (Å²) in [6.07, 6.45) is 1.37. The van der Waals surface area contributed by atoms with Crippen molar-refractivity contribution in [2.24, 2.45) is 5.73 Å². The molecule has 0 atom stereocenters. The fourth-order valence-electron chi connectivity index (χ4n) is 3.03. The standard InChI is InChI=1S/C22H24FN3OS/c1-16-21(28-20(25-16)15-18-7-9-19(23)10-8-18)22(27)26(14-12-24)13-11-17-5-3-2-4-6-17/h2-10H,11-15,24H2,1H3. The number of aromatic nitrogens is 1. The number of carbonyl (C=O) groups is 1. The van der Waals surface area contributed by atoms with Gasteiger partial charge in [-0.1, -0.05) is 42.5 Å². The number of carbonyl (C=O) groups excluding carboxylic acids is 1. The zero-order valence-corrected chi connectivity index (χ0v) is 16.7. The molecule has 0 radical (unpaired) electrons. The molecule has 1 aromatic heterocycles.